The van der Waals surface area contributed by atoms with Gasteiger partial charge in [0.05, 0.1) is 0 Å². The highest BCUT2D eigenvalue weighted by atomic mass is 16.1. The summed E-state index contributed by atoms with van der Waals surface area (Å²) in [5.41, 5.74) is 8.54. The predicted molar refractivity (Wildman–Crippen MR) is 82.1 cm³/mol. The Morgan fingerprint density at radius 3 is 2.58 bits per heavy atom. The van der Waals surface area contributed by atoms with Crippen molar-refractivity contribution in [1.82, 2.24) is 0 Å². The minimum Gasteiger partial charge on any atom is -0.398 e. The number of benzene rings is 1. The molecule has 0 bridgehead atoms. The van der Waals surface area contributed by atoms with Crippen molar-refractivity contribution >= 4 is 17.3 Å². The number of hydrogen-bond acceptors (Lipinski definition) is 2. The van der Waals surface area contributed by atoms with Crippen LogP contribution in [0.4, 0.5) is 11.4 Å². The van der Waals surface area contributed by atoms with E-state index >= 15 is 0 Å². The Hall–Kier alpha value is -1.51. The standard InChI is InChI=1S/C16H26N2O/c1-11(10-16(3,4)5)9-15(19)18-14-8-6-7-13(17)12(14)2/h6-8,11H,9-10,17H2,1-5H3,(H,18,19). The zero-order valence-corrected chi connectivity index (χ0v) is 12.7. The van der Waals surface area contributed by atoms with E-state index in [1.165, 1.54) is 0 Å². The first-order valence-corrected chi connectivity index (χ1v) is 6.84. The summed E-state index contributed by atoms with van der Waals surface area (Å²) in [6.07, 6.45) is 1.59. The van der Waals surface area contributed by atoms with Gasteiger partial charge in [-0.2, -0.15) is 0 Å². The summed E-state index contributed by atoms with van der Waals surface area (Å²) < 4.78 is 0. The van der Waals surface area contributed by atoms with E-state index in [0.717, 1.165) is 17.7 Å². The third kappa shape index (κ3) is 5.33. The van der Waals surface area contributed by atoms with Crippen molar-refractivity contribution in [2.45, 2.75) is 47.5 Å². The van der Waals surface area contributed by atoms with Gasteiger partial charge in [0.15, 0.2) is 0 Å². The highest BCUT2D eigenvalue weighted by molar-refractivity contribution is 5.92. The van der Waals surface area contributed by atoms with Crippen molar-refractivity contribution < 1.29 is 4.79 Å². The van der Waals surface area contributed by atoms with Gasteiger partial charge in [-0.05, 0) is 42.4 Å². The van der Waals surface area contributed by atoms with Crippen molar-refractivity contribution in [3.05, 3.63) is 23.8 Å². The topological polar surface area (TPSA) is 55.1 Å². The summed E-state index contributed by atoms with van der Waals surface area (Å²) in [4.78, 5) is 12.0. The quantitative estimate of drug-likeness (QED) is 0.806. The van der Waals surface area contributed by atoms with Crippen LogP contribution in [0.2, 0.25) is 0 Å². The lowest BCUT2D eigenvalue weighted by atomic mass is 9.84. The molecule has 1 aromatic rings. The molecule has 0 aliphatic carbocycles. The van der Waals surface area contributed by atoms with E-state index in [9.17, 15) is 4.79 Å². The molecule has 0 saturated carbocycles. The van der Waals surface area contributed by atoms with E-state index in [4.69, 9.17) is 5.73 Å². The van der Waals surface area contributed by atoms with Gasteiger partial charge in [0, 0.05) is 17.8 Å². The average molecular weight is 262 g/mol. The Balaban J connectivity index is 2.58. The van der Waals surface area contributed by atoms with E-state index in [0.29, 0.717) is 18.0 Å². The molecule has 1 amide bonds. The van der Waals surface area contributed by atoms with Crippen LogP contribution >= 0.6 is 0 Å². The fourth-order valence-electron chi connectivity index (χ4n) is 2.42. The molecule has 1 unspecified atom stereocenters. The lowest BCUT2D eigenvalue weighted by molar-refractivity contribution is -0.117. The van der Waals surface area contributed by atoms with Crippen molar-refractivity contribution in [1.29, 1.82) is 0 Å². The van der Waals surface area contributed by atoms with Crippen molar-refractivity contribution in [3.63, 3.8) is 0 Å². The van der Waals surface area contributed by atoms with Crippen LogP contribution in [0.15, 0.2) is 18.2 Å². The molecule has 0 saturated heterocycles. The van der Waals surface area contributed by atoms with Crippen LogP contribution in [-0.2, 0) is 4.79 Å². The van der Waals surface area contributed by atoms with E-state index in [1.54, 1.807) is 0 Å². The average Bonchev–Trinajstić information content (AvgIpc) is 2.21. The SMILES string of the molecule is Cc1c(N)cccc1NC(=O)CC(C)CC(C)(C)C. The number of amides is 1. The molecule has 0 radical (unpaired) electrons. The van der Waals surface area contributed by atoms with Gasteiger partial charge in [-0.1, -0.05) is 33.8 Å². The molecule has 1 atom stereocenters. The van der Waals surface area contributed by atoms with Gasteiger partial charge < -0.3 is 11.1 Å². The molecule has 0 aliphatic rings. The molecule has 1 aromatic carbocycles. The minimum atomic E-state index is 0.0606. The summed E-state index contributed by atoms with van der Waals surface area (Å²) in [5, 5.41) is 2.95. The van der Waals surface area contributed by atoms with E-state index in [-0.39, 0.29) is 11.3 Å². The first-order chi connectivity index (χ1) is 8.69. The molecule has 3 nitrogen and oxygen atoms in total. The molecule has 0 fully saturated rings. The first-order valence-electron chi connectivity index (χ1n) is 6.84. The van der Waals surface area contributed by atoms with Crippen LogP contribution in [0.25, 0.3) is 0 Å². The summed E-state index contributed by atoms with van der Waals surface area (Å²) in [6.45, 7) is 10.6. The van der Waals surface area contributed by atoms with E-state index in [1.807, 2.05) is 25.1 Å². The van der Waals surface area contributed by atoms with Crippen LogP contribution in [0, 0.1) is 18.3 Å². The second-order valence-electron chi connectivity index (χ2n) is 6.64. The molecule has 3 N–H and O–H groups in total. The highest BCUT2D eigenvalue weighted by Gasteiger charge is 2.18. The van der Waals surface area contributed by atoms with Crippen LogP contribution in [0.1, 0.15) is 46.1 Å². The second kappa shape index (κ2) is 6.09. The molecule has 0 aromatic heterocycles. The van der Waals surface area contributed by atoms with Gasteiger partial charge >= 0.3 is 0 Å². The Bertz CT molecular complexity index is 447. The molecule has 0 aliphatic heterocycles. The maximum absolute atomic E-state index is 12.0. The summed E-state index contributed by atoms with van der Waals surface area (Å²) in [7, 11) is 0. The third-order valence-corrected chi connectivity index (χ3v) is 3.14. The first kappa shape index (κ1) is 15.5. The Labute approximate surface area is 116 Å². The van der Waals surface area contributed by atoms with E-state index in [2.05, 4.69) is 33.0 Å². The Kier molecular flexibility index (Phi) is 4.98. The molecule has 19 heavy (non-hydrogen) atoms. The second-order valence-corrected chi connectivity index (χ2v) is 6.64. The highest BCUT2D eigenvalue weighted by Crippen LogP contribution is 2.26. The van der Waals surface area contributed by atoms with Gasteiger partial charge in [-0.3, -0.25) is 4.79 Å². The number of rotatable bonds is 4. The van der Waals surface area contributed by atoms with Crippen LogP contribution in [0.3, 0.4) is 0 Å². The Morgan fingerprint density at radius 2 is 2.00 bits per heavy atom. The van der Waals surface area contributed by atoms with Crippen LogP contribution in [-0.4, -0.2) is 5.91 Å². The molecular formula is C16H26N2O. The monoisotopic (exact) mass is 262 g/mol. The van der Waals surface area contributed by atoms with Crippen molar-refractivity contribution in [2.24, 2.45) is 11.3 Å². The smallest absolute Gasteiger partial charge is 0.224 e. The fraction of sp³-hybridized carbons (Fsp3) is 0.562. The zero-order chi connectivity index (χ0) is 14.6. The van der Waals surface area contributed by atoms with E-state index < -0.39 is 0 Å². The maximum Gasteiger partial charge on any atom is 0.224 e. The Morgan fingerprint density at radius 1 is 1.37 bits per heavy atom. The molecule has 0 spiro atoms. The fourth-order valence-corrected chi connectivity index (χ4v) is 2.42. The largest absolute Gasteiger partial charge is 0.398 e. The van der Waals surface area contributed by atoms with Gasteiger partial charge in [-0.25, -0.2) is 0 Å². The molecule has 3 heteroatoms. The van der Waals surface area contributed by atoms with Crippen molar-refractivity contribution in [2.75, 3.05) is 11.1 Å². The molecular weight excluding hydrogens is 236 g/mol. The van der Waals surface area contributed by atoms with Gasteiger partial charge in [0.25, 0.3) is 0 Å². The third-order valence-electron chi connectivity index (χ3n) is 3.14. The molecule has 1 rings (SSSR count). The summed E-state index contributed by atoms with van der Waals surface area (Å²) in [5.74, 6) is 0.437. The number of nitrogens with two attached hydrogens (primary N) is 1. The maximum atomic E-state index is 12.0. The number of hydrogen-bond donors (Lipinski definition) is 2. The number of nitrogen functional groups attached to an aromatic ring is 1. The zero-order valence-electron chi connectivity index (χ0n) is 12.7. The number of anilines is 2. The lowest BCUT2D eigenvalue weighted by Gasteiger charge is -2.23. The summed E-state index contributed by atoms with van der Waals surface area (Å²) in [6, 6.07) is 5.59. The number of nitrogens with one attached hydrogen (secondary N) is 1. The van der Waals surface area contributed by atoms with Gasteiger partial charge in [0.2, 0.25) is 5.91 Å². The van der Waals surface area contributed by atoms with Crippen molar-refractivity contribution in [3.8, 4) is 0 Å². The van der Waals surface area contributed by atoms with Gasteiger partial charge in [0.1, 0.15) is 0 Å². The van der Waals surface area contributed by atoms with Crippen LogP contribution < -0.4 is 11.1 Å². The summed E-state index contributed by atoms with van der Waals surface area (Å²) >= 11 is 0. The van der Waals surface area contributed by atoms with Crippen LogP contribution in [0.5, 0.6) is 0 Å². The number of carbonyl (C=O) groups is 1. The predicted octanol–water partition coefficient (Wildman–Crippen LogP) is 3.98. The lowest BCUT2D eigenvalue weighted by Crippen LogP contribution is -2.19. The van der Waals surface area contributed by atoms with Gasteiger partial charge in [-0.15, -0.1) is 0 Å². The minimum absolute atomic E-state index is 0.0606. The normalized spacial score (nSPS) is 13.1. The number of carbonyl (C=O) groups excluding carboxylic acids is 1. The molecule has 0 heterocycles. The molecule has 106 valence electrons.